The van der Waals surface area contributed by atoms with Crippen LogP contribution in [0.1, 0.15) is 25.3 Å². The lowest BCUT2D eigenvalue weighted by Crippen LogP contribution is -2.41. The highest BCUT2D eigenvalue weighted by Crippen LogP contribution is 2.26. The van der Waals surface area contributed by atoms with Crippen molar-refractivity contribution in [3.63, 3.8) is 0 Å². The van der Waals surface area contributed by atoms with Crippen molar-refractivity contribution in [3.8, 4) is 0 Å². The molecule has 382 valence electrons. The minimum atomic E-state index is -0.499. The van der Waals surface area contributed by atoms with Gasteiger partial charge in [0.25, 0.3) is 17.7 Å². The minimum absolute atomic E-state index is 0.107. The standard InChI is InChI=1S/C45H71N7O16/c1-2-12-52(44(56)38-34-37-5-3-4-6-39(37)50-40(46)35-38)68-15-11-49-45(57)48-10-14-59-17-19-61-21-23-63-25-27-65-29-31-67-33-32-66-30-28-64-26-24-62-22-20-60-18-16-58-13-9-47-41(53)36-51-42(54)7-8-43(51)55/h3-8,34H,2,9-33,35-36H2,1H3,(H2,46,50)(H,47,53)(H2,48,49,57). The summed E-state index contributed by atoms with van der Waals surface area (Å²) in [6.07, 6.45) is 4.95. The van der Waals surface area contributed by atoms with Gasteiger partial charge >= 0.3 is 6.03 Å². The molecule has 68 heavy (non-hydrogen) atoms. The molecule has 5 N–H and O–H groups in total. The number of imide groups is 1. The number of hydrogen-bond acceptors (Lipinski definition) is 18. The Kier molecular flexibility index (Phi) is 32.1. The summed E-state index contributed by atoms with van der Waals surface area (Å²) >= 11 is 0. The van der Waals surface area contributed by atoms with Crippen LogP contribution in [0.3, 0.4) is 0 Å². The monoisotopic (exact) mass is 965 g/mol. The number of benzene rings is 1. The number of para-hydroxylation sites is 1. The van der Waals surface area contributed by atoms with Crippen molar-refractivity contribution in [1.82, 2.24) is 25.9 Å². The number of urea groups is 1. The lowest BCUT2D eigenvalue weighted by molar-refractivity contribution is -0.181. The zero-order chi connectivity index (χ0) is 48.7. The molecule has 0 saturated carbocycles. The highest BCUT2D eigenvalue weighted by molar-refractivity contribution is 6.14. The Labute approximate surface area is 398 Å². The number of hydroxylamine groups is 2. The summed E-state index contributed by atoms with van der Waals surface area (Å²) in [7, 11) is 0. The van der Waals surface area contributed by atoms with Crippen LogP contribution in [0.2, 0.25) is 0 Å². The van der Waals surface area contributed by atoms with E-state index in [0.717, 1.165) is 22.6 Å². The molecule has 6 amide bonds. The van der Waals surface area contributed by atoms with Gasteiger partial charge in [-0.05, 0) is 18.6 Å². The summed E-state index contributed by atoms with van der Waals surface area (Å²) in [4.78, 5) is 71.1. The molecule has 0 fully saturated rings. The van der Waals surface area contributed by atoms with Gasteiger partial charge in [0.15, 0.2) is 0 Å². The van der Waals surface area contributed by atoms with Crippen LogP contribution in [-0.4, -0.2) is 217 Å². The van der Waals surface area contributed by atoms with Gasteiger partial charge < -0.3 is 69.1 Å². The number of hydrogen-bond donors (Lipinski definition) is 4. The van der Waals surface area contributed by atoms with Crippen molar-refractivity contribution in [2.24, 2.45) is 10.7 Å². The Morgan fingerprint density at radius 2 is 1.01 bits per heavy atom. The lowest BCUT2D eigenvalue weighted by atomic mass is 10.1. The lowest BCUT2D eigenvalue weighted by Gasteiger charge is -2.22. The number of rotatable bonds is 42. The summed E-state index contributed by atoms with van der Waals surface area (Å²) in [5, 5.41) is 9.31. The van der Waals surface area contributed by atoms with E-state index in [9.17, 15) is 24.0 Å². The normalized spacial score (nSPS) is 13.3. The van der Waals surface area contributed by atoms with Crippen LogP contribution in [0.25, 0.3) is 6.08 Å². The number of fused-ring (bicyclic) bond motifs is 1. The number of nitrogens with zero attached hydrogens (tertiary/aromatic N) is 3. The number of nitrogens with two attached hydrogens (primary N) is 1. The minimum Gasteiger partial charge on any atom is -0.387 e. The first kappa shape index (κ1) is 57.4. The molecule has 0 radical (unpaired) electrons. The van der Waals surface area contributed by atoms with Crippen molar-refractivity contribution in [3.05, 3.63) is 47.6 Å². The number of amidine groups is 1. The summed E-state index contributed by atoms with van der Waals surface area (Å²) < 4.78 is 54.7. The van der Waals surface area contributed by atoms with Gasteiger partial charge in [0.2, 0.25) is 5.91 Å². The van der Waals surface area contributed by atoms with E-state index in [-0.39, 0.29) is 51.2 Å². The molecule has 23 nitrogen and oxygen atoms in total. The number of ether oxygens (including phenoxy) is 10. The Morgan fingerprint density at radius 1 is 0.603 bits per heavy atom. The molecule has 1 aromatic carbocycles. The number of aliphatic imine (C=N–C) groups is 1. The van der Waals surface area contributed by atoms with Crippen LogP contribution < -0.4 is 21.7 Å². The van der Waals surface area contributed by atoms with Crippen LogP contribution >= 0.6 is 0 Å². The van der Waals surface area contributed by atoms with E-state index >= 15 is 0 Å². The molecule has 0 aromatic heterocycles. The van der Waals surface area contributed by atoms with E-state index in [4.69, 9.17) is 57.9 Å². The molecule has 23 heteroatoms. The zero-order valence-electron chi connectivity index (χ0n) is 39.3. The Morgan fingerprint density at radius 3 is 1.47 bits per heavy atom. The molecule has 2 aliphatic rings. The molecule has 0 aliphatic carbocycles. The fraction of sp³-hybridized carbons (Fsp3) is 0.644. The predicted molar refractivity (Wildman–Crippen MR) is 247 cm³/mol. The topological polar surface area (TPSA) is 268 Å². The van der Waals surface area contributed by atoms with Gasteiger partial charge in [0, 0.05) is 55.9 Å². The maximum Gasteiger partial charge on any atom is 0.314 e. The average Bonchev–Trinajstić information content (AvgIpc) is 3.53. The molecule has 2 heterocycles. The number of amides is 6. The molecule has 3 rings (SSSR count). The zero-order valence-corrected chi connectivity index (χ0v) is 39.3. The smallest absolute Gasteiger partial charge is 0.314 e. The van der Waals surface area contributed by atoms with Crippen molar-refractivity contribution in [2.45, 2.75) is 19.8 Å². The summed E-state index contributed by atoms with van der Waals surface area (Å²) in [5.41, 5.74) is 8.07. The maximum atomic E-state index is 13.3. The first-order valence-electron chi connectivity index (χ1n) is 22.9. The second kappa shape index (κ2) is 38.0. The molecule has 0 unspecified atom stereocenters. The third-order valence-electron chi connectivity index (χ3n) is 9.12. The van der Waals surface area contributed by atoms with Crippen molar-refractivity contribution in [2.75, 3.05) is 171 Å². The SMILES string of the molecule is CCCN(OCCNC(=O)NCCOCCOCCOCCOCCOCCOCCOCCOCCOCCOCCNC(=O)CN1C(=O)C=CC1=O)C(=O)C1=Cc2ccccc2N=C(N)C1. The highest BCUT2D eigenvalue weighted by Gasteiger charge is 2.25. The molecule has 0 atom stereocenters. The predicted octanol–water partition coefficient (Wildman–Crippen LogP) is 0.139. The van der Waals surface area contributed by atoms with Crippen molar-refractivity contribution < 1.29 is 76.2 Å². The van der Waals surface area contributed by atoms with Crippen LogP contribution in [0.15, 0.2) is 47.0 Å². The Balaban J connectivity index is 0.958. The maximum absolute atomic E-state index is 13.3. The van der Waals surface area contributed by atoms with Gasteiger partial charge in [0.05, 0.1) is 144 Å². The molecule has 1 aromatic rings. The molecule has 0 bridgehead atoms. The van der Waals surface area contributed by atoms with Gasteiger partial charge in [-0.1, -0.05) is 25.1 Å². The summed E-state index contributed by atoms with van der Waals surface area (Å²) in [6.45, 7) is 11.1. The van der Waals surface area contributed by atoms with Crippen LogP contribution in [-0.2, 0) is 71.4 Å². The first-order chi connectivity index (χ1) is 33.3. The van der Waals surface area contributed by atoms with Gasteiger partial charge in [-0.25, -0.2) is 14.9 Å². The quantitative estimate of drug-likeness (QED) is 0.0386. The first-order valence-corrected chi connectivity index (χ1v) is 22.9. The van der Waals surface area contributed by atoms with Crippen LogP contribution in [0.4, 0.5) is 10.5 Å². The Hall–Kier alpha value is -4.92. The molecular formula is C45H71N7O16. The molecular weight excluding hydrogens is 895 g/mol. The largest absolute Gasteiger partial charge is 0.387 e. The average molecular weight is 966 g/mol. The van der Waals surface area contributed by atoms with E-state index in [1.165, 1.54) is 5.06 Å². The van der Waals surface area contributed by atoms with E-state index in [1.54, 1.807) is 6.08 Å². The van der Waals surface area contributed by atoms with E-state index < -0.39 is 17.7 Å². The van der Waals surface area contributed by atoms with E-state index in [1.807, 2.05) is 31.2 Å². The second-order valence-electron chi connectivity index (χ2n) is 14.5. The fourth-order valence-electron chi connectivity index (χ4n) is 5.81. The molecule has 0 saturated heterocycles. The third-order valence-corrected chi connectivity index (χ3v) is 9.12. The number of carbonyl (C=O) groups is 5. The van der Waals surface area contributed by atoms with Crippen molar-refractivity contribution >= 4 is 47.3 Å². The van der Waals surface area contributed by atoms with Crippen molar-refractivity contribution in [1.29, 1.82) is 0 Å². The fourth-order valence-corrected chi connectivity index (χ4v) is 5.81. The number of nitrogens with one attached hydrogen (secondary N) is 3. The third kappa shape index (κ3) is 27.2. The van der Waals surface area contributed by atoms with Gasteiger partial charge in [-0.3, -0.25) is 28.9 Å². The van der Waals surface area contributed by atoms with Gasteiger partial charge in [-0.15, -0.1) is 0 Å². The Bertz CT molecular complexity index is 1680. The molecule has 0 spiro atoms. The van der Waals surface area contributed by atoms with Gasteiger partial charge in [-0.2, -0.15) is 0 Å². The summed E-state index contributed by atoms with van der Waals surface area (Å²) in [5.74, 6) is -1.37. The highest BCUT2D eigenvalue weighted by atomic mass is 16.7. The summed E-state index contributed by atoms with van der Waals surface area (Å²) in [6, 6.07) is 7.10. The van der Waals surface area contributed by atoms with Gasteiger partial charge in [0.1, 0.15) is 12.4 Å². The van der Waals surface area contributed by atoms with Crippen LogP contribution in [0, 0.1) is 0 Å². The van der Waals surface area contributed by atoms with Crippen LogP contribution in [0.5, 0.6) is 0 Å². The van der Waals surface area contributed by atoms with E-state index in [2.05, 4.69) is 20.9 Å². The van der Waals surface area contributed by atoms with E-state index in [0.29, 0.717) is 162 Å². The molecule has 2 aliphatic heterocycles. The second-order valence-corrected chi connectivity index (χ2v) is 14.5. The number of carbonyl (C=O) groups excluding carboxylic acids is 5.